The number of halogens is 1. The molecular weight excluding hydrogens is 286 g/mol. The molecule has 21 heavy (non-hydrogen) atoms. The van der Waals surface area contributed by atoms with E-state index >= 15 is 0 Å². The molecule has 0 radical (unpaired) electrons. The number of hydrogen-bond donors (Lipinski definition) is 2. The third-order valence-electron chi connectivity index (χ3n) is 4.01. The minimum atomic E-state index is -0.0871. The number of nitrogens with one attached hydrogen (secondary N) is 1. The molecule has 1 saturated heterocycles. The Kier molecular flexibility index (Phi) is 4.99. The molecule has 116 valence electrons. The second kappa shape index (κ2) is 6.56. The van der Waals surface area contributed by atoms with Gasteiger partial charge in [-0.05, 0) is 38.3 Å². The molecule has 0 spiro atoms. The van der Waals surface area contributed by atoms with Crippen molar-refractivity contribution in [3.05, 3.63) is 17.2 Å². The quantitative estimate of drug-likeness (QED) is 0.833. The smallest absolute Gasteiger partial charge is 0.226 e. The van der Waals surface area contributed by atoms with E-state index < -0.39 is 0 Å². The number of benzene rings is 1. The van der Waals surface area contributed by atoms with E-state index in [1.54, 1.807) is 6.07 Å². The Labute approximate surface area is 131 Å². The average Bonchev–Trinajstić information content (AvgIpc) is 2.42. The van der Waals surface area contributed by atoms with Crippen molar-refractivity contribution in [2.75, 3.05) is 22.5 Å². The summed E-state index contributed by atoms with van der Waals surface area (Å²) >= 11 is 6.21. The molecule has 1 heterocycles. The minimum absolute atomic E-state index is 0.0423. The fourth-order valence-electron chi connectivity index (χ4n) is 2.65. The van der Waals surface area contributed by atoms with Crippen LogP contribution in [0.1, 0.15) is 40.0 Å². The number of piperidine rings is 1. The maximum absolute atomic E-state index is 11.9. The van der Waals surface area contributed by atoms with Gasteiger partial charge < -0.3 is 16.0 Å². The lowest BCUT2D eigenvalue weighted by atomic mass is 10.0. The summed E-state index contributed by atoms with van der Waals surface area (Å²) < 4.78 is 0. The largest absolute Gasteiger partial charge is 0.397 e. The van der Waals surface area contributed by atoms with E-state index in [0.717, 1.165) is 18.7 Å². The molecule has 0 bridgehead atoms. The molecule has 1 aromatic carbocycles. The van der Waals surface area contributed by atoms with E-state index in [2.05, 4.69) is 17.1 Å². The maximum atomic E-state index is 11.9. The van der Waals surface area contributed by atoms with Crippen LogP contribution in [0.15, 0.2) is 12.1 Å². The van der Waals surface area contributed by atoms with Crippen molar-refractivity contribution < 1.29 is 4.79 Å². The van der Waals surface area contributed by atoms with Gasteiger partial charge in [0, 0.05) is 18.5 Å². The molecule has 2 rings (SSSR count). The summed E-state index contributed by atoms with van der Waals surface area (Å²) in [6.45, 7) is 6.91. The number of anilines is 3. The number of nitrogens with zero attached hydrogens (tertiary/aromatic N) is 1. The Hall–Kier alpha value is -1.42. The predicted octanol–water partition coefficient (Wildman–Crippen LogP) is 3.90. The summed E-state index contributed by atoms with van der Waals surface area (Å²) in [6.07, 6.45) is 3.58. The number of carbonyl (C=O) groups is 1. The second-order valence-electron chi connectivity index (χ2n) is 6.07. The minimum Gasteiger partial charge on any atom is -0.397 e. The number of hydrogen-bond acceptors (Lipinski definition) is 3. The van der Waals surface area contributed by atoms with Crippen LogP contribution in [0.5, 0.6) is 0 Å². The molecule has 1 amide bonds. The predicted molar refractivity (Wildman–Crippen MR) is 90.0 cm³/mol. The molecule has 1 fully saturated rings. The average molecular weight is 310 g/mol. The maximum Gasteiger partial charge on any atom is 0.226 e. The second-order valence-corrected chi connectivity index (χ2v) is 6.48. The highest BCUT2D eigenvalue weighted by Crippen LogP contribution is 2.36. The van der Waals surface area contributed by atoms with Crippen LogP contribution in [0.3, 0.4) is 0 Å². The number of rotatable bonds is 3. The Bertz CT molecular complexity index is 530. The summed E-state index contributed by atoms with van der Waals surface area (Å²) in [5.74, 6) is -0.129. The zero-order valence-electron chi connectivity index (χ0n) is 12.9. The van der Waals surface area contributed by atoms with Crippen LogP contribution in [-0.2, 0) is 4.79 Å². The fourth-order valence-corrected chi connectivity index (χ4v) is 2.87. The van der Waals surface area contributed by atoms with Crippen molar-refractivity contribution in [1.82, 2.24) is 0 Å². The number of amides is 1. The molecule has 0 aromatic heterocycles. The molecule has 3 N–H and O–H groups in total. The third kappa shape index (κ3) is 3.62. The highest BCUT2D eigenvalue weighted by Gasteiger charge is 2.22. The summed E-state index contributed by atoms with van der Waals surface area (Å²) in [5, 5.41) is 3.36. The third-order valence-corrected chi connectivity index (χ3v) is 4.32. The van der Waals surface area contributed by atoms with Gasteiger partial charge >= 0.3 is 0 Å². The molecule has 0 saturated carbocycles. The molecule has 1 aromatic rings. The van der Waals surface area contributed by atoms with Crippen LogP contribution < -0.4 is 16.0 Å². The molecule has 4 nitrogen and oxygen atoms in total. The van der Waals surface area contributed by atoms with Gasteiger partial charge in [-0.2, -0.15) is 0 Å². The monoisotopic (exact) mass is 309 g/mol. The number of nitrogen functional groups attached to an aromatic ring is 1. The van der Waals surface area contributed by atoms with Gasteiger partial charge in [-0.25, -0.2) is 0 Å². The Morgan fingerprint density at radius 2 is 2.14 bits per heavy atom. The Morgan fingerprint density at radius 1 is 1.43 bits per heavy atom. The van der Waals surface area contributed by atoms with Crippen LogP contribution in [0.25, 0.3) is 0 Å². The van der Waals surface area contributed by atoms with Gasteiger partial charge in [-0.3, -0.25) is 4.79 Å². The van der Waals surface area contributed by atoms with E-state index in [1.165, 1.54) is 12.8 Å². The van der Waals surface area contributed by atoms with Gasteiger partial charge in [0.1, 0.15) is 0 Å². The molecule has 1 atom stereocenters. The summed E-state index contributed by atoms with van der Waals surface area (Å²) in [6, 6.07) is 4.09. The molecule has 1 aliphatic rings. The van der Waals surface area contributed by atoms with Gasteiger partial charge in [-0.1, -0.05) is 25.4 Å². The van der Waals surface area contributed by atoms with Crippen molar-refractivity contribution in [2.24, 2.45) is 5.92 Å². The number of carbonyl (C=O) groups excluding carboxylic acids is 1. The van der Waals surface area contributed by atoms with Crippen LogP contribution in [-0.4, -0.2) is 18.5 Å². The van der Waals surface area contributed by atoms with Crippen molar-refractivity contribution in [2.45, 2.75) is 46.1 Å². The molecule has 0 unspecified atom stereocenters. The molecule has 5 heteroatoms. The van der Waals surface area contributed by atoms with E-state index in [4.69, 9.17) is 17.3 Å². The van der Waals surface area contributed by atoms with E-state index in [1.807, 2.05) is 19.9 Å². The van der Waals surface area contributed by atoms with E-state index in [0.29, 0.717) is 22.4 Å². The zero-order chi connectivity index (χ0) is 15.6. The normalized spacial score (nSPS) is 18.9. The molecular formula is C16H24ClN3O. The first kappa shape index (κ1) is 16.0. The first-order valence-corrected chi connectivity index (χ1v) is 7.94. The van der Waals surface area contributed by atoms with Gasteiger partial charge in [0.05, 0.1) is 22.1 Å². The lowest BCUT2D eigenvalue weighted by Crippen LogP contribution is -2.37. The van der Waals surface area contributed by atoms with Gasteiger partial charge in [0.2, 0.25) is 5.91 Å². The summed E-state index contributed by atoms with van der Waals surface area (Å²) in [5.41, 5.74) is 8.40. The molecule has 1 aliphatic heterocycles. The zero-order valence-corrected chi connectivity index (χ0v) is 13.7. The van der Waals surface area contributed by atoms with Gasteiger partial charge in [-0.15, -0.1) is 0 Å². The van der Waals surface area contributed by atoms with E-state index in [9.17, 15) is 4.79 Å². The lowest BCUT2D eigenvalue weighted by Gasteiger charge is -2.36. The van der Waals surface area contributed by atoms with Crippen molar-refractivity contribution in [3.63, 3.8) is 0 Å². The highest BCUT2D eigenvalue weighted by atomic mass is 35.5. The molecule has 0 aliphatic carbocycles. The first-order valence-electron chi connectivity index (χ1n) is 7.56. The van der Waals surface area contributed by atoms with Gasteiger partial charge in [0.15, 0.2) is 0 Å². The topological polar surface area (TPSA) is 58.4 Å². The number of nitrogens with two attached hydrogens (primary N) is 1. The van der Waals surface area contributed by atoms with E-state index in [-0.39, 0.29) is 11.8 Å². The highest BCUT2D eigenvalue weighted by molar-refractivity contribution is 6.34. The van der Waals surface area contributed by atoms with Crippen LogP contribution in [0.2, 0.25) is 5.02 Å². The van der Waals surface area contributed by atoms with Crippen molar-refractivity contribution in [1.29, 1.82) is 0 Å². The summed E-state index contributed by atoms with van der Waals surface area (Å²) in [4.78, 5) is 14.2. The first-order chi connectivity index (χ1) is 9.90. The Balaban J connectivity index is 2.31. The standard InChI is InChI=1S/C16H24ClN3O/c1-10(2)16(21)19-14-9-15(13(18)8-12(14)17)20-7-5-4-6-11(20)3/h8-11H,4-7,18H2,1-3H3,(H,19,21)/t11-/m1/s1. The SMILES string of the molecule is CC(C)C(=O)Nc1cc(N2CCCC[C@H]2C)c(N)cc1Cl. The Morgan fingerprint density at radius 3 is 2.76 bits per heavy atom. The van der Waals surface area contributed by atoms with Crippen molar-refractivity contribution >= 4 is 34.6 Å². The summed E-state index contributed by atoms with van der Waals surface area (Å²) in [7, 11) is 0. The lowest BCUT2D eigenvalue weighted by molar-refractivity contribution is -0.118. The van der Waals surface area contributed by atoms with Crippen LogP contribution in [0.4, 0.5) is 17.1 Å². The fraction of sp³-hybridized carbons (Fsp3) is 0.562. The van der Waals surface area contributed by atoms with Crippen LogP contribution in [0, 0.1) is 5.92 Å². The van der Waals surface area contributed by atoms with Crippen LogP contribution >= 0.6 is 11.6 Å². The van der Waals surface area contributed by atoms with Crippen molar-refractivity contribution in [3.8, 4) is 0 Å². The van der Waals surface area contributed by atoms with Gasteiger partial charge in [0.25, 0.3) is 0 Å².